The van der Waals surface area contributed by atoms with E-state index in [0.717, 1.165) is 0 Å². The third-order valence-electron chi connectivity index (χ3n) is 2.36. The minimum Gasteiger partial charge on any atom is -0.243 e. The van der Waals surface area contributed by atoms with Gasteiger partial charge in [-0.1, -0.05) is 13.8 Å². The van der Waals surface area contributed by atoms with Gasteiger partial charge in [0, 0.05) is 0 Å². The SMILES string of the molecule is CCC1(F)CC(C)CS(=O)(=O)C1. The Labute approximate surface area is 73.1 Å². The highest BCUT2D eigenvalue weighted by Crippen LogP contribution is 2.32. The van der Waals surface area contributed by atoms with E-state index in [1.165, 1.54) is 0 Å². The highest BCUT2D eigenvalue weighted by molar-refractivity contribution is 7.91. The summed E-state index contributed by atoms with van der Waals surface area (Å²) in [4.78, 5) is 0. The van der Waals surface area contributed by atoms with E-state index < -0.39 is 15.5 Å². The Morgan fingerprint density at radius 2 is 2.17 bits per heavy atom. The molecule has 12 heavy (non-hydrogen) atoms. The fourth-order valence-electron chi connectivity index (χ4n) is 1.88. The van der Waals surface area contributed by atoms with Gasteiger partial charge >= 0.3 is 0 Å². The van der Waals surface area contributed by atoms with E-state index in [9.17, 15) is 12.8 Å². The highest BCUT2D eigenvalue weighted by Gasteiger charge is 2.40. The van der Waals surface area contributed by atoms with Crippen LogP contribution in [0.2, 0.25) is 0 Å². The van der Waals surface area contributed by atoms with Crippen LogP contribution in [0.5, 0.6) is 0 Å². The number of sulfone groups is 1. The zero-order chi connectivity index (χ0) is 9.41. The number of rotatable bonds is 1. The van der Waals surface area contributed by atoms with Crippen molar-refractivity contribution in [2.45, 2.75) is 32.4 Å². The van der Waals surface area contributed by atoms with Crippen LogP contribution in [0.4, 0.5) is 4.39 Å². The smallest absolute Gasteiger partial charge is 0.153 e. The van der Waals surface area contributed by atoms with E-state index >= 15 is 0 Å². The maximum atomic E-state index is 13.7. The van der Waals surface area contributed by atoms with E-state index in [-0.39, 0.29) is 17.4 Å². The maximum absolute atomic E-state index is 13.7. The van der Waals surface area contributed by atoms with Gasteiger partial charge in [0.05, 0.1) is 11.5 Å². The number of alkyl halides is 1. The molecular formula is C8H15FO2S. The Hall–Kier alpha value is -0.120. The molecule has 0 saturated carbocycles. The van der Waals surface area contributed by atoms with Crippen molar-refractivity contribution in [2.75, 3.05) is 11.5 Å². The van der Waals surface area contributed by atoms with E-state index in [1.54, 1.807) is 13.8 Å². The lowest BCUT2D eigenvalue weighted by Gasteiger charge is -2.31. The van der Waals surface area contributed by atoms with Crippen molar-refractivity contribution in [1.82, 2.24) is 0 Å². The number of halogens is 1. The quantitative estimate of drug-likeness (QED) is 0.635. The second kappa shape index (κ2) is 2.98. The van der Waals surface area contributed by atoms with Crippen molar-refractivity contribution in [1.29, 1.82) is 0 Å². The van der Waals surface area contributed by atoms with Crippen LogP contribution in [0.15, 0.2) is 0 Å². The van der Waals surface area contributed by atoms with Gasteiger partial charge < -0.3 is 0 Å². The molecule has 0 spiro atoms. The van der Waals surface area contributed by atoms with E-state index in [2.05, 4.69) is 0 Å². The van der Waals surface area contributed by atoms with Gasteiger partial charge in [0.25, 0.3) is 0 Å². The van der Waals surface area contributed by atoms with Gasteiger partial charge in [-0.05, 0) is 18.8 Å². The summed E-state index contributed by atoms with van der Waals surface area (Å²) in [5.41, 5.74) is -1.46. The molecule has 0 aromatic carbocycles. The molecule has 2 unspecified atom stereocenters. The van der Waals surface area contributed by atoms with Crippen molar-refractivity contribution in [2.24, 2.45) is 5.92 Å². The fraction of sp³-hybridized carbons (Fsp3) is 1.00. The van der Waals surface area contributed by atoms with Gasteiger partial charge in [0.2, 0.25) is 0 Å². The summed E-state index contributed by atoms with van der Waals surface area (Å²) in [6.45, 7) is 3.49. The maximum Gasteiger partial charge on any atom is 0.153 e. The molecule has 1 aliphatic heterocycles. The zero-order valence-electron chi connectivity index (χ0n) is 7.51. The molecule has 4 heteroatoms. The molecule has 0 aromatic rings. The van der Waals surface area contributed by atoms with Crippen LogP contribution in [0.1, 0.15) is 26.7 Å². The van der Waals surface area contributed by atoms with Crippen molar-refractivity contribution >= 4 is 9.84 Å². The van der Waals surface area contributed by atoms with Gasteiger partial charge in [0.1, 0.15) is 5.67 Å². The molecule has 2 atom stereocenters. The van der Waals surface area contributed by atoms with Gasteiger partial charge in [-0.3, -0.25) is 0 Å². The summed E-state index contributed by atoms with van der Waals surface area (Å²) in [6, 6.07) is 0. The summed E-state index contributed by atoms with van der Waals surface area (Å²) in [5, 5.41) is 0. The molecule has 2 nitrogen and oxygen atoms in total. The van der Waals surface area contributed by atoms with Crippen LogP contribution in [0.25, 0.3) is 0 Å². The topological polar surface area (TPSA) is 34.1 Å². The van der Waals surface area contributed by atoms with Crippen LogP contribution < -0.4 is 0 Å². The molecule has 1 heterocycles. The molecule has 0 radical (unpaired) electrons. The first-order valence-corrected chi connectivity index (χ1v) is 6.08. The molecule has 0 N–H and O–H groups in total. The number of hydrogen-bond acceptors (Lipinski definition) is 2. The highest BCUT2D eigenvalue weighted by atomic mass is 32.2. The van der Waals surface area contributed by atoms with Crippen LogP contribution >= 0.6 is 0 Å². The monoisotopic (exact) mass is 194 g/mol. The van der Waals surface area contributed by atoms with E-state index in [4.69, 9.17) is 0 Å². The van der Waals surface area contributed by atoms with Crippen LogP contribution in [0, 0.1) is 5.92 Å². The lowest BCUT2D eigenvalue weighted by molar-refractivity contribution is 0.144. The van der Waals surface area contributed by atoms with Gasteiger partial charge in [-0.25, -0.2) is 12.8 Å². The van der Waals surface area contributed by atoms with Crippen LogP contribution in [0.3, 0.4) is 0 Å². The first-order chi connectivity index (χ1) is 5.37. The van der Waals surface area contributed by atoms with Crippen molar-refractivity contribution in [3.05, 3.63) is 0 Å². The fourth-order valence-corrected chi connectivity index (χ4v) is 4.09. The summed E-state index contributed by atoms with van der Waals surface area (Å²) < 4.78 is 36.1. The second-order valence-electron chi connectivity index (χ2n) is 3.87. The zero-order valence-corrected chi connectivity index (χ0v) is 8.32. The molecule has 0 bridgehead atoms. The first-order valence-electron chi connectivity index (χ1n) is 4.26. The minimum absolute atomic E-state index is 0.0336. The standard InChI is InChI=1S/C8H15FO2S/c1-3-8(9)4-7(2)5-12(10,11)6-8/h7H,3-6H2,1-2H3. The lowest BCUT2D eigenvalue weighted by Crippen LogP contribution is -2.41. The van der Waals surface area contributed by atoms with Crippen LogP contribution in [-0.2, 0) is 9.84 Å². The lowest BCUT2D eigenvalue weighted by atomic mass is 9.93. The van der Waals surface area contributed by atoms with E-state index in [0.29, 0.717) is 12.8 Å². The summed E-state index contributed by atoms with van der Waals surface area (Å²) in [5.74, 6) is -0.159. The van der Waals surface area contributed by atoms with Crippen molar-refractivity contribution < 1.29 is 12.8 Å². The third-order valence-corrected chi connectivity index (χ3v) is 4.40. The minimum atomic E-state index is -3.13. The van der Waals surface area contributed by atoms with E-state index in [1.807, 2.05) is 0 Å². The average molecular weight is 194 g/mol. The molecule has 72 valence electrons. The molecule has 1 fully saturated rings. The molecular weight excluding hydrogens is 179 g/mol. The Bertz CT molecular complexity index is 260. The van der Waals surface area contributed by atoms with Crippen molar-refractivity contribution in [3.63, 3.8) is 0 Å². The largest absolute Gasteiger partial charge is 0.243 e. The average Bonchev–Trinajstić information content (AvgIpc) is 1.82. The molecule has 1 saturated heterocycles. The molecule has 0 aliphatic carbocycles. The van der Waals surface area contributed by atoms with Gasteiger partial charge in [0.15, 0.2) is 9.84 Å². The van der Waals surface area contributed by atoms with Crippen LogP contribution in [-0.4, -0.2) is 25.6 Å². The summed E-state index contributed by atoms with van der Waals surface area (Å²) in [7, 11) is -3.13. The summed E-state index contributed by atoms with van der Waals surface area (Å²) in [6.07, 6.45) is 0.694. The number of hydrogen-bond donors (Lipinski definition) is 0. The molecule has 0 amide bonds. The van der Waals surface area contributed by atoms with Crippen molar-refractivity contribution in [3.8, 4) is 0 Å². The Balaban J connectivity index is 2.84. The predicted molar refractivity (Wildman–Crippen MR) is 46.6 cm³/mol. The second-order valence-corrected chi connectivity index (χ2v) is 5.98. The molecule has 0 aromatic heterocycles. The molecule has 1 aliphatic rings. The first kappa shape index (κ1) is 9.96. The normalized spacial score (nSPS) is 41.1. The Kier molecular flexibility index (Phi) is 2.47. The third kappa shape index (κ3) is 2.19. The van der Waals surface area contributed by atoms with Gasteiger partial charge in [-0.2, -0.15) is 0 Å². The summed E-state index contributed by atoms with van der Waals surface area (Å²) >= 11 is 0. The van der Waals surface area contributed by atoms with Gasteiger partial charge in [-0.15, -0.1) is 0 Å². The Morgan fingerprint density at radius 3 is 2.58 bits per heavy atom. The Morgan fingerprint density at radius 1 is 1.58 bits per heavy atom. The predicted octanol–water partition coefficient (Wildman–Crippen LogP) is 1.56. The molecule has 1 rings (SSSR count).